The highest BCUT2D eigenvalue weighted by Crippen LogP contribution is 2.50. The fraction of sp³-hybridized carbons (Fsp3) is 0.941. The molecule has 1 spiro atoms. The molecule has 2 aliphatic carbocycles. The second-order valence-electron chi connectivity index (χ2n) is 7.31. The van der Waals surface area contributed by atoms with Crippen LogP contribution < -0.4 is 5.32 Å². The van der Waals surface area contributed by atoms with E-state index in [-0.39, 0.29) is 23.5 Å². The van der Waals surface area contributed by atoms with E-state index >= 15 is 0 Å². The number of nitrogens with zero attached hydrogens (tertiary/aromatic N) is 1. The topological polar surface area (TPSA) is 61.8 Å². The van der Waals surface area contributed by atoms with Crippen molar-refractivity contribution < 1.29 is 14.6 Å². The van der Waals surface area contributed by atoms with Crippen LogP contribution in [0.3, 0.4) is 0 Å². The molecule has 1 saturated heterocycles. The Morgan fingerprint density at radius 3 is 2.64 bits per heavy atom. The number of rotatable bonds is 6. The van der Waals surface area contributed by atoms with Crippen molar-refractivity contribution >= 4 is 5.91 Å². The molecule has 1 heterocycles. The van der Waals surface area contributed by atoms with Crippen LogP contribution in [0.2, 0.25) is 0 Å². The molecule has 2 atom stereocenters. The van der Waals surface area contributed by atoms with E-state index in [9.17, 15) is 9.90 Å². The van der Waals surface area contributed by atoms with Gasteiger partial charge in [-0.15, -0.1) is 0 Å². The third kappa shape index (κ3) is 3.17. The number of amides is 1. The van der Waals surface area contributed by atoms with Crippen molar-refractivity contribution in [3.05, 3.63) is 0 Å². The van der Waals surface area contributed by atoms with Gasteiger partial charge in [0.1, 0.15) is 0 Å². The molecule has 5 heteroatoms. The monoisotopic (exact) mass is 310 g/mol. The second kappa shape index (κ2) is 6.85. The molecule has 2 unspecified atom stereocenters. The van der Waals surface area contributed by atoms with Gasteiger partial charge in [-0.25, -0.2) is 0 Å². The first-order valence-corrected chi connectivity index (χ1v) is 8.93. The van der Waals surface area contributed by atoms with Crippen molar-refractivity contribution in [3.63, 3.8) is 0 Å². The van der Waals surface area contributed by atoms with Crippen LogP contribution in [0, 0.1) is 11.3 Å². The van der Waals surface area contributed by atoms with Gasteiger partial charge < -0.3 is 15.2 Å². The summed E-state index contributed by atoms with van der Waals surface area (Å²) in [4.78, 5) is 14.2. The molecule has 0 aromatic rings. The van der Waals surface area contributed by atoms with Gasteiger partial charge in [-0.05, 0) is 51.6 Å². The van der Waals surface area contributed by atoms with Gasteiger partial charge in [0.25, 0.3) is 0 Å². The lowest BCUT2D eigenvalue weighted by atomic mass is 9.58. The van der Waals surface area contributed by atoms with Gasteiger partial charge in [0.05, 0.1) is 18.8 Å². The minimum atomic E-state index is -0.223. The summed E-state index contributed by atoms with van der Waals surface area (Å²) in [6.45, 7) is 5.85. The van der Waals surface area contributed by atoms with E-state index in [0.29, 0.717) is 19.1 Å². The van der Waals surface area contributed by atoms with Crippen LogP contribution in [0.1, 0.15) is 45.4 Å². The lowest BCUT2D eigenvalue weighted by molar-refractivity contribution is -0.209. The number of aliphatic hydroxyl groups excluding tert-OH is 1. The predicted molar refractivity (Wildman–Crippen MR) is 84.5 cm³/mol. The summed E-state index contributed by atoms with van der Waals surface area (Å²) in [5.74, 6) is 0.865. The number of carbonyl (C=O) groups is 1. The SMILES string of the molecule is CCOC1CC(O)C12CCN(CC(=O)NCC1CCC1)CC2. The summed E-state index contributed by atoms with van der Waals surface area (Å²) in [5.41, 5.74) is -0.0467. The third-order valence-electron chi connectivity index (χ3n) is 6.08. The van der Waals surface area contributed by atoms with Crippen LogP contribution in [-0.2, 0) is 9.53 Å². The number of hydrogen-bond donors (Lipinski definition) is 2. The van der Waals surface area contributed by atoms with Crippen LogP contribution in [0.15, 0.2) is 0 Å². The molecule has 126 valence electrons. The fourth-order valence-corrected chi connectivity index (χ4v) is 4.16. The fourth-order valence-electron chi connectivity index (χ4n) is 4.16. The van der Waals surface area contributed by atoms with Gasteiger partial charge in [-0.3, -0.25) is 9.69 Å². The summed E-state index contributed by atoms with van der Waals surface area (Å²) in [6, 6.07) is 0. The van der Waals surface area contributed by atoms with E-state index in [1.807, 2.05) is 6.92 Å². The number of nitrogens with one attached hydrogen (secondary N) is 1. The maximum absolute atomic E-state index is 12.0. The Morgan fingerprint density at radius 1 is 1.36 bits per heavy atom. The van der Waals surface area contributed by atoms with Crippen molar-refractivity contribution in [1.29, 1.82) is 0 Å². The molecule has 2 N–H and O–H groups in total. The van der Waals surface area contributed by atoms with Gasteiger partial charge >= 0.3 is 0 Å². The third-order valence-corrected chi connectivity index (χ3v) is 6.08. The number of carbonyl (C=O) groups excluding carboxylic acids is 1. The Bertz CT molecular complexity index is 387. The Hall–Kier alpha value is -0.650. The Balaban J connectivity index is 1.40. The molecular formula is C17H30N2O3. The molecule has 5 nitrogen and oxygen atoms in total. The zero-order chi connectivity index (χ0) is 15.6. The van der Waals surface area contributed by atoms with E-state index in [4.69, 9.17) is 4.74 Å². The van der Waals surface area contributed by atoms with Gasteiger partial charge in [0.15, 0.2) is 0 Å². The molecule has 3 aliphatic rings. The van der Waals surface area contributed by atoms with Crippen LogP contribution >= 0.6 is 0 Å². The lowest BCUT2D eigenvalue weighted by Gasteiger charge is -2.56. The molecule has 1 amide bonds. The Labute approximate surface area is 133 Å². The molecule has 0 radical (unpaired) electrons. The number of hydrogen-bond acceptors (Lipinski definition) is 4. The Kier molecular flexibility index (Phi) is 5.05. The van der Waals surface area contributed by atoms with Crippen molar-refractivity contribution in [3.8, 4) is 0 Å². The lowest BCUT2D eigenvalue weighted by Crippen LogP contribution is -2.62. The van der Waals surface area contributed by atoms with Crippen LogP contribution in [-0.4, -0.2) is 60.9 Å². The second-order valence-corrected chi connectivity index (χ2v) is 7.31. The smallest absolute Gasteiger partial charge is 0.234 e. The number of aliphatic hydroxyl groups is 1. The summed E-state index contributed by atoms with van der Waals surface area (Å²) < 4.78 is 5.78. The van der Waals surface area contributed by atoms with Crippen molar-refractivity contribution in [2.24, 2.45) is 11.3 Å². The molecule has 0 bridgehead atoms. The molecule has 3 rings (SSSR count). The summed E-state index contributed by atoms with van der Waals surface area (Å²) in [7, 11) is 0. The first-order chi connectivity index (χ1) is 10.6. The Morgan fingerprint density at radius 2 is 2.09 bits per heavy atom. The number of piperidine rings is 1. The standard InChI is InChI=1S/C17H30N2O3/c1-2-22-15-10-14(20)17(15)6-8-19(9-7-17)12-16(21)18-11-13-4-3-5-13/h13-15,20H,2-12H2,1H3,(H,18,21). The molecule has 2 saturated carbocycles. The highest BCUT2D eigenvalue weighted by atomic mass is 16.5. The van der Waals surface area contributed by atoms with Gasteiger partial charge in [-0.1, -0.05) is 6.42 Å². The normalized spacial score (nSPS) is 31.5. The molecule has 0 aromatic carbocycles. The van der Waals surface area contributed by atoms with E-state index in [2.05, 4.69) is 10.2 Å². The number of ether oxygens (including phenoxy) is 1. The minimum Gasteiger partial charge on any atom is -0.392 e. The maximum atomic E-state index is 12.0. The van der Waals surface area contributed by atoms with E-state index in [0.717, 1.165) is 38.9 Å². The highest BCUT2D eigenvalue weighted by molar-refractivity contribution is 5.78. The van der Waals surface area contributed by atoms with E-state index < -0.39 is 0 Å². The average Bonchev–Trinajstić information content (AvgIpc) is 2.46. The largest absolute Gasteiger partial charge is 0.392 e. The summed E-state index contributed by atoms with van der Waals surface area (Å²) >= 11 is 0. The van der Waals surface area contributed by atoms with Crippen LogP contribution in [0.25, 0.3) is 0 Å². The van der Waals surface area contributed by atoms with Gasteiger partial charge in [0.2, 0.25) is 5.91 Å². The van der Waals surface area contributed by atoms with Crippen molar-refractivity contribution in [2.45, 2.75) is 57.7 Å². The molecule has 22 heavy (non-hydrogen) atoms. The zero-order valence-electron chi connectivity index (χ0n) is 13.7. The average molecular weight is 310 g/mol. The van der Waals surface area contributed by atoms with Gasteiger partial charge in [0, 0.05) is 25.0 Å². The van der Waals surface area contributed by atoms with E-state index in [1.165, 1.54) is 19.3 Å². The van der Waals surface area contributed by atoms with Crippen LogP contribution in [0.5, 0.6) is 0 Å². The van der Waals surface area contributed by atoms with Crippen molar-refractivity contribution in [2.75, 3.05) is 32.8 Å². The predicted octanol–water partition coefficient (Wildman–Crippen LogP) is 1.15. The molecule has 1 aliphatic heterocycles. The van der Waals surface area contributed by atoms with E-state index in [1.54, 1.807) is 0 Å². The van der Waals surface area contributed by atoms with Crippen LogP contribution in [0.4, 0.5) is 0 Å². The maximum Gasteiger partial charge on any atom is 0.234 e. The molecule has 3 fully saturated rings. The number of likely N-dealkylation sites (tertiary alicyclic amines) is 1. The van der Waals surface area contributed by atoms with Crippen molar-refractivity contribution in [1.82, 2.24) is 10.2 Å². The summed E-state index contributed by atoms with van der Waals surface area (Å²) in [5, 5.41) is 13.3. The quantitative estimate of drug-likeness (QED) is 0.773. The highest BCUT2D eigenvalue weighted by Gasteiger charge is 2.55. The minimum absolute atomic E-state index is 0.0467. The van der Waals surface area contributed by atoms with Gasteiger partial charge in [-0.2, -0.15) is 0 Å². The first kappa shape index (κ1) is 16.2. The first-order valence-electron chi connectivity index (χ1n) is 8.93. The zero-order valence-corrected chi connectivity index (χ0v) is 13.7. The molecular weight excluding hydrogens is 280 g/mol. The molecule has 0 aromatic heterocycles. The summed E-state index contributed by atoms with van der Waals surface area (Å²) in [6.07, 6.45) is 6.49.